The molecule has 0 saturated heterocycles. The van der Waals surface area contributed by atoms with Gasteiger partial charge in [-0.05, 0) is 23.8 Å². The Balaban J connectivity index is 1.83. The van der Waals surface area contributed by atoms with Gasteiger partial charge in [0.2, 0.25) is 0 Å². The van der Waals surface area contributed by atoms with Crippen LogP contribution in [0.4, 0.5) is 5.69 Å². The van der Waals surface area contributed by atoms with Crippen LogP contribution in [0.3, 0.4) is 0 Å². The SMILES string of the molecule is COc1cc(CNc2cccc3cn[nH]c23)cc(OC)c1. The summed E-state index contributed by atoms with van der Waals surface area (Å²) in [4.78, 5) is 0. The van der Waals surface area contributed by atoms with E-state index >= 15 is 0 Å². The first-order valence-electron chi connectivity index (χ1n) is 6.68. The molecule has 21 heavy (non-hydrogen) atoms. The number of hydrogen-bond donors (Lipinski definition) is 2. The molecule has 5 heteroatoms. The van der Waals surface area contributed by atoms with Crippen molar-refractivity contribution >= 4 is 16.6 Å². The van der Waals surface area contributed by atoms with E-state index in [4.69, 9.17) is 9.47 Å². The van der Waals surface area contributed by atoms with E-state index in [1.165, 1.54) is 0 Å². The lowest BCUT2D eigenvalue weighted by molar-refractivity contribution is 0.393. The van der Waals surface area contributed by atoms with Crippen molar-refractivity contribution in [2.24, 2.45) is 0 Å². The first-order valence-corrected chi connectivity index (χ1v) is 6.68. The third-order valence-corrected chi connectivity index (χ3v) is 3.37. The zero-order chi connectivity index (χ0) is 14.7. The van der Waals surface area contributed by atoms with Gasteiger partial charge in [0.15, 0.2) is 0 Å². The molecule has 108 valence electrons. The van der Waals surface area contributed by atoms with E-state index in [-0.39, 0.29) is 0 Å². The monoisotopic (exact) mass is 283 g/mol. The van der Waals surface area contributed by atoms with Crippen molar-refractivity contribution in [3.05, 3.63) is 48.2 Å². The summed E-state index contributed by atoms with van der Waals surface area (Å²) in [5.74, 6) is 1.57. The highest BCUT2D eigenvalue weighted by molar-refractivity contribution is 5.89. The number of H-pyrrole nitrogens is 1. The summed E-state index contributed by atoms with van der Waals surface area (Å²) in [7, 11) is 3.30. The van der Waals surface area contributed by atoms with Crippen molar-refractivity contribution in [3.8, 4) is 11.5 Å². The summed E-state index contributed by atoms with van der Waals surface area (Å²) < 4.78 is 10.6. The molecule has 0 amide bonds. The molecule has 1 aromatic heterocycles. The lowest BCUT2D eigenvalue weighted by atomic mass is 10.2. The molecule has 1 heterocycles. The molecule has 0 radical (unpaired) electrons. The van der Waals surface area contributed by atoms with Gasteiger partial charge in [0.1, 0.15) is 11.5 Å². The van der Waals surface area contributed by atoms with Gasteiger partial charge >= 0.3 is 0 Å². The maximum atomic E-state index is 5.28. The fourth-order valence-corrected chi connectivity index (χ4v) is 2.28. The summed E-state index contributed by atoms with van der Waals surface area (Å²) in [5, 5.41) is 11.6. The molecular weight excluding hydrogens is 266 g/mol. The Morgan fingerprint density at radius 2 is 1.86 bits per heavy atom. The molecule has 0 fully saturated rings. The molecule has 2 aromatic carbocycles. The maximum Gasteiger partial charge on any atom is 0.122 e. The van der Waals surface area contributed by atoms with E-state index in [0.717, 1.165) is 33.7 Å². The van der Waals surface area contributed by atoms with Gasteiger partial charge in [0.05, 0.1) is 31.6 Å². The Morgan fingerprint density at radius 1 is 1.10 bits per heavy atom. The van der Waals surface area contributed by atoms with Gasteiger partial charge in [-0.25, -0.2) is 0 Å². The number of methoxy groups -OCH3 is 2. The molecule has 3 aromatic rings. The highest BCUT2D eigenvalue weighted by Gasteiger charge is 2.05. The minimum absolute atomic E-state index is 0.672. The van der Waals surface area contributed by atoms with Gasteiger partial charge in [-0.1, -0.05) is 12.1 Å². The summed E-state index contributed by atoms with van der Waals surface area (Å²) in [5.41, 5.74) is 3.11. The van der Waals surface area contributed by atoms with Crippen molar-refractivity contribution in [2.45, 2.75) is 6.54 Å². The van der Waals surface area contributed by atoms with Crippen molar-refractivity contribution in [3.63, 3.8) is 0 Å². The summed E-state index contributed by atoms with van der Waals surface area (Å²) in [6, 6.07) is 11.9. The van der Waals surface area contributed by atoms with Gasteiger partial charge < -0.3 is 14.8 Å². The number of aromatic amines is 1. The molecule has 3 rings (SSSR count). The average Bonchev–Trinajstić information content (AvgIpc) is 3.01. The molecule has 2 N–H and O–H groups in total. The predicted molar refractivity (Wildman–Crippen MR) is 83.0 cm³/mol. The lowest BCUT2D eigenvalue weighted by Gasteiger charge is -2.11. The largest absolute Gasteiger partial charge is 0.497 e. The van der Waals surface area contributed by atoms with E-state index in [0.29, 0.717) is 6.54 Å². The van der Waals surface area contributed by atoms with Crippen molar-refractivity contribution < 1.29 is 9.47 Å². The first kappa shape index (κ1) is 13.3. The standard InChI is InChI=1S/C16H17N3O2/c1-20-13-6-11(7-14(8-13)21-2)9-17-15-5-3-4-12-10-18-19-16(12)15/h3-8,10,17H,9H2,1-2H3,(H,18,19). The zero-order valence-electron chi connectivity index (χ0n) is 12.0. The van der Waals surface area contributed by atoms with Crippen molar-refractivity contribution in [1.82, 2.24) is 10.2 Å². The van der Waals surface area contributed by atoms with Crippen LogP contribution in [0, 0.1) is 0 Å². The van der Waals surface area contributed by atoms with E-state index in [1.54, 1.807) is 14.2 Å². The van der Waals surface area contributed by atoms with Crippen LogP contribution in [0.1, 0.15) is 5.56 Å². The van der Waals surface area contributed by atoms with Crippen LogP contribution in [0.5, 0.6) is 11.5 Å². The Morgan fingerprint density at radius 3 is 2.57 bits per heavy atom. The van der Waals surface area contributed by atoms with E-state index < -0.39 is 0 Å². The highest BCUT2D eigenvalue weighted by atomic mass is 16.5. The van der Waals surface area contributed by atoms with E-state index in [9.17, 15) is 0 Å². The molecule has 0 atom stereocenters. The fourth-order valence-electron chi connectivity index (χ4n) is 2.28. The molecule has 0 aliphatic rings. The fraction of sp³-hybridized carbons (Fsp3) is 0.188. The number of hydrogen-bond acceptors (Lipinski definition) is 4. The Labute approximate surface area is 122 Å². The Kier molecular flexibility index (Phi) is 3.64. The van der Waals surface area contributed by atoms with Crippen molar-refractivity contribution in [1.29, 1.82) is 0 Å². The molecule has 5 nitrogen and oxygen atoms in total. The number of aromatic nitrogens is 2. The maximum absolute atomic E-state index is 5.28. The van der Waals surface area contributed by atoms with Gasteiger partial charge in [-0.3, -0.25) is 5.10 Å². The second kappa shape index (κ2) is 5.75. The molecule has 0 bridgehead atoms. The van der Waals surface area contributed by atoms with Crippen molar-refractivity contribution in [2.75, 3.05) is 19.5 Å². The smallest absolute Gasteiger partial charge is 0.122 e. The molecule has 0 spiro atoms. The third-order valence-electron chi connectivity index (χ3n) is 3.37. The van der Waals surface area contributed by atoms with E-state index in [1.807, 2.05) is 42.6 Å². The Bertz CT molecular complexity index is 730. The second-order valence-electron chi connectivity index (χ2n) is 4.71. The van der Waals surface area contributed by atoms with Crippen LogP contribution in [-0.2, 0) is 6.54 Å². The van der Waals surface area contributed by atoms with Gasteiger partial charge in [-0.2, -0.15) is 5.10 Å². The zero-order valence-corrected chi connectivity index (χ0v) is 12.0. The summed E-state index contributed by atoms with van der Waals surface area (Å²) in [6.45, 7) is 0.672. The second-order valence-corrected chi connectivity index (χ2v) is 4.71. The molecule has 0 unspecified atom stereocenters. The average molecular weight is 283 g/mol. The number of nitrogens with zero attached hydrogens (tertiary/aromatic N) is 1. The van der Waals surface area contributed by atoms with Crippen LogP contribution in [0.25, 0.3) is 10.9 Å². The molecule has 0 aliphatic heterocycles. The van der Waals surface area contributed by atoms with Gasteiger partial charge in [0, 0.05) is 18.0 Å². The minimum atomic E-state index is 0.672. The number of benzene rings is 2. The predicted octanol–water partition coefficient (Wildman–Crippen LogP) is 3.19. The number of para-hydroxylation sites is 1. The molecule has 0 aliphatic carbocycles. The number of anilines is 1. The van der Waals surface area contributed by atoms with Gasteiger partial charge in [0.25, 0.3) is 0 Å². The van der Waals surface area contributed by atoms with Crippen LogP contribution >= 0.6 is 0 Å². The number of rotatable bonds is 5. The number of fused-ring (bicyclic) bond motifs is 1. The van der Waals surface area contributed by atoms with E-state index in [2.05, 4.69) is 15.5 Å². The van der Waals surface area contributed by atoms with Crippen LogP contribution in [-0.4, -0.2) is 24.4 Å². The Hall–Kier alpha value is -2.69. The molecular formula is C16H17N3O2. The minimum Gasteiger partial charge on any atom is -0.497 e. The lowest BCUT2D eigenvalue weighted by Crippen LogP contribution is -2.01. The van der Waals surface area contributed by atoms with Crippen LogP contribution in [0.15, 0.2) is 42.6 Å². The topological polar surface area (TPSA) is 59.2 Å². The van der Waals surface area contributed by atoms with Gasteiger partial charge in [-0.15, -0.1) is 0 Å². The summed E-state index contributed by atoms with van der Waals surface area (Å²) in [6.07, 6.45) is 1.81. The third kappa shape index (κ3) is 2.76. The number of ether oxygens (including phenoxy) is 2. The highest BCUT2D eigenvalue weighted by Crippen LogP contribution is 2.25. The normalized spacial score (nSPS) is 10.6. The summed E-state index contributed by atoms with van der Waals surface area (Å²) >= 11 is 0. The quantitative estimate of drug-likeness (QED) is 0.755. The van der Waals surface area contributed by atoms with Crippen LogP contribution < -0.4 is 14.8 Å². The molecule has 0 saturated carbocycles. The van der Waals surface area contributed by atoms with Crippen LogP contribution in [0.2, 0.25) is 0 Å². The number of nitrogens with one attached hydrogen (secondary N) is 2. The first-order chi connectivity index (χ1) is 10.3.